The van der Waals surface area contributed by atoms with E-state index in [9.17, 15) is 0 Å². The van der Waals surface area contributed by atoms with Gasteiger partial charge in [-0.3, -0.25) is 4.99 Å². The van der Waals surface area contributed by atoms with Gasteiger partial charge in [0.25, 0.3) is 0 Å². The lowest BCUT2D eigenvalue weighted by atomic mass is 9.95. The fraction of sp³-hybridized carbons (Fsp3) is 0.682. The molecule has 0 saturated heterocycles. The van der Waals surface area contributed by atoms with E-state index in [2.05, 4.69) is 36.6 Å². The second-order valence-electron chi connectivity index (χ2n) is 7.18. The maximum Gasteiger partial charge on any atom is 0.191 e. The Morgan fingerprint density at radius 2 is 1.76 bits per heavy atom. The second-order valence-corrected chi connectivity index (χ2v) is 7.18. The minimum Gasteiger partial charge on any atom is -0.496 e. The highest BCUT2D eigenvalue weighted by Crippen LogP contribution is 2.51. The Morgan fingerprint density at radius 3 is 2.41 bits per heavy atom. The van der Waals surface area contributed by atoms with Crippen LogP contribution >= 0.6 is 24.0 Å². The number of nitrogens with one attached hydrogen (secondary N) is 2. The molecule has 0 aromatic heterocycles. The van der Waals surface area contributed by atoms with Crippen LogP contribution in [0.2, 0.25) is 0 Å². The van der Waals surface area contributed by atoms with Crippen molar-refractivity contribution < 1.29 is 14.2 Å². The van der Waals surface area contributed by atoms with E-state index in [1.165, 1.54) is 5.56 Å². The normalized spacial score (nSPS) is 14.8. The number of rotatable bonds is 14. The molecule has 6 nitrogen and oxygen atoms in total. The highest BCUT2D eigenvalue weighted by Gasteiger charge is 2.46. The average molecular weight is 519 g/mol. The number of para-hydroxylation sites is 1. The standard InChI is InChI=1S/C22H37N3O3.HI/c1-4-6-14-27-16-17-28-15-13-24-21(23-5-2)25-18-22(11-12-22)19-9-7-8-10-20(19)26-3;/h7-10H,4-6,11-18H2,1-3H3,(H2,23,24,25);1H. The number of aliphatic imine (C=N–C) groups is 1. The largest absolute Gasteiger partial charge is 0.496 e. The van der Waals surface area contributed by atoms with Crippen molar-refractivity contribution in [2.45, 2.75) is 44.9 Å². The Morgan fingerprint density at radius 1 is 1.03 bits per heavy atom. The van der Waals surface area contributed by atoms with Gasteiger partial charge in [-0.25, -0.2) is 0 Å². The maximum atomic E-state index is 5.61. The zero-order chi connectivity index (χ0) is 20.1. The SMILES string of the molecule is CCCCOCCOCCNC(=NCC1(c2ccccc2OC)CC1)NCC.I. The molecule has 2 N–H and O–H groups in total. The summed E-state index contributed by atoms with van der Waals surface area (Å²) < 4.78 is 16.7. The molecule has 0 bridgehead atoms. The first-order valence-electron chi connectivity index (χ1n) is 10.6. The molecule has 1 aliphatic carbocycles. The minimum atomic E-state index is 0. The van der Waals surface area contributed by atoms with Gasteiger partial charge in [-0.1, -0.05) is 31.5 Å². The molecule has 0 radical (unpaired) electrons. The van der Waals surface area contributed by atoms with Crippen LogP contribution in [0.1, 0.15) is 45.1 Å². The summed E-state index contributed by atoms with van der Waals surface area (Å²) in [4.78, 5) is 4.83. The molecule has 0 heterocycles. The summed E-state index contributed by atoms with van der Waals surface area (Å²) >= 11 is 0. The van der Waals surface area contributed by atoms with Crippen molar-refractivity contribution in [1.82, 2.24) is 10.6 Å². The van der Waals surface area contributed by atoms with Gasteiger partial charge in [0.15, 0.2) is 5.96 Å². The van der Waals surface area contributed by atoms with Crippen molar-refractivity contribution in [3.8, 4) is 5.75 Å². The maximum absolute atomic E-state index is 5.61. The van der Waals surface area contributed by atoms with Crippen LogP contribution in [0.4, 0.5) is 0 Å². The highest BCUT2D eigenvalue weighted by molar-refractivity contribution is 14.0. The number of guanidine groups is 1. The van der Waals surface area contributed by atoms with Crippen LogP contribution < -0.4 is 15.4 Å². The van der Waals surface area contributed by atoms with Crippen molar-refractivity contribution in [2.75, 3.05) is 53.2 Å². The Bertz CT molecular complexity index is 594. The molecule has 1 aromatic carbocycles. The molecule has 0 aliphatic heterocycles. The van der Waals surface area contributed by atoms with E-state index < -0.39 is 0 Å². The van der Waals surface area contributed by atoms with E-state index in [0.29, 0.717) is 19.8 Å². The molecular formula is C22H38IN3O3. The molecule has 0 spiro atoms. The summed E-state index contributed by atoms with van der Waals surface area (Å²) in [6.07, 6.45) is 4.57. The van der Waals surface area contributed by atoms with Gasteiger partial charge in [-0.05, 0) is 32.3 Å². The third-order valence-electron chi connectivity index (χ3n) is 4.97. The van der Waals surface area contributed by atoms with E-state index >= 15 is 0 Å². The zero-order valence-electron chi connectivity index (χ0n) is 18.2. The number of nitrogens with zero attached hydrogens (tertiary/aromatic N) is 1. The smallest absolute Gasteiger partial charge is 0.191 e. The van der Waals surface area contributed by atoms with Crippen molar-refractivity contribution in [2.24, 2.45) is 4.99 Å². The fourth-order valence-corrected chi connectivity index (χ4v) is 3.13. The summed E-state index contributed by atoms with van der Waals surface area (Å²) in [5.74, 6) is 1.80. The second kappa shape index (κ2) is 14.8. The molecular weight excluding hydrogens is 481 g/mol. The molecule has 0 unspecified atom stereocenters. The molecule has 1 fully saturated rings. The Hall–Kier alpha value is -1.06. The topological polar surface area (TPSA) is 64.1 Å². The van der Waals surface area contributed by atoms with Crippen molar-refractivity contribution in [3.05, 3.63) is 29.8 Å². The van der Waals surface area contributed by atoms with E-state index in [0.717, 1.165) is 63.6 Å². The highest BCUT2D eigenvalue weighted by atomic mass is 127. The first-order valence-corrected chi connectivity index (χ1v) is 10.6. The number of hydrogen-bond acceptors (Lipinski definition) is 4. The first kappa shape index (κ1) is 26.0. The summed E-state index contributed by atoms with van der Waals surface area (Å²) in [6, 6.07) is 8.29. The number of hydrogen-bond donors (Lipinski definition) is 2. The molecule has 7 heteroatoms. The predicted molar refractivity (Wildman–Crippen MR) is 130 cm³/mol. The van der Waals surface area contributed by atoms with E-state index in [-0.39, 0.29) is 29.4 Å². The molecule has 0 amide bonds. The van der Waals surface area contributed by atoms with Gasteiger partial charge in [0, 0.05) is 30.7 Å². The van der Waals surface area contributed by atoms with E-state index in [1.807, 2.05) is 12.1 Å². The number of halogens is 1. The lowest BCUT2D eigenvalue weighted by molar-refractivity contribution is 0.0487. The first-order chi connectivity index (χ1) is 13.8. The molecule has 1 aromatic rings. The number of methoxy groups -OCH3 is 1. The molecule has 1 saturated carbocycles. The number of unbranched alkanes of at least 4 members (excludes halogenated alkanes) is 1. The fourth-order valence-electron chi connectivity index (χ4n) is 3.13. The quantitative estimate of drug-likeness (QED) is 0.170. The zero-order valence-corrected chi connectivity index (χ0v) is 20.5. The Labute approximate surface area is 193 Å². The van der Waals surface area contributed by atoms with E-state index in [4.69, 9.17) is 19.2 Å². The van der Waals surface area contributed by atoms with Crippen LogP contribution in [0.15, 0.2) is 29.3 Å². The monoisotopic (exact) mass is 519 g/mol. The van der Waals surface area contributed by atoms with Crippen LogP contribution in [0, 0.1) is 0 Å². The van der Waals surface area contributed by atoms with Crippen molar-refractivity contribution >= 4 is 29.9 Å². The van der Waals surface area contributed by atoms with Gasteiger partial charge < -0.3 is 24.8 Å². The molecule has 2 rings (SSSR count). The predicted octanol–water partition coefficient (Wildman–Crippen LogP) is 3.73. The number of benzene rings is 1. The van der Waals surface area contributed by atoms with Crippen LogP contribution in [0.25, 0.3) is 0 Å². The third kappa shape index (κ3) is 9.09. The van der Waals surface area contributed by atoms with Gasteiger partial charge >= 0.3 is 0 Å². The van der Waals surface area contributed by atoms with Gasteiger partial charge in [-0.15, -0.1) is 24.0 Å². The summed E-state index contributed by atoms with van der Waals surface area (Å²) in [7, 11) is 1.73. The van der Waals surface area contributed by atoms with Crippen LogP contribution in [-0.2, 0) is 14.9 Å². The summed E-state index contributed by atoms with van der Waals surface area (Å²) in [6.45, 7) is 9.32. The molecule has 166 valence electrons. The van der Waals surface area contributed by atoms with Crippen LogP contribution in [0.5, 0.6) is 5.75 Å². The lowest BCUT2D eigenvalue weighted by Gasteiger charge is -2.18. The third-order valence-corrected chi connectivity index (χ3v) is 4.97. The van der Waals surface area contributed by atoms with E-state index in [1.54, 1.807) is 7.11 Å². The summed E-state index contributed by atoms with van der Waals surface area (Å²) in [5, 5.41) is 6.67. The summed E-state index contributed by atoms with van der Waals surface area (Å²) in [5.41, 5.74) is 1.38. The Balaban J connectivity index is 0.00000420. The van der Waals surface area contributed by atoms with Crippen molar-refractivity contribution in [3.63, 3.8) is 0 Å². The number of ether oxygens (including phenoxy) is 3. The van der Waals surface area contributed by atoms with Crippen LogP contribution in [-0.4, -0.2) is 59.1 Å². The molecule has 1 aliphatic rings. The van der Waals surface area contributed by atoms with Crippen molar-refractivity contribution in [1.29, 1.82) is 0 Å². The van der Waals surface area contributed by atoms with Gasteiger partial charge in [-0.2, -0.15) is 0 Å². The average Bonchev–Trinajstić information content (AvgIpc) is 3.51. The Kier molecular flexibility index (Phi) is 13.3. The molecule has 29 heavy (non-hydrogen) atoms. The lowest BCUT2D eigenvalue weighted by Crippen LogP contribution is -2.39. The van der Waals surface area contributed by atoms with Crippen LogP contribution in [0.3, 0.4) is 0 Å². The van der Waals surface area contributed by atoms with Gasteiger partial charge in [0.1, 0.15) is 5.75 Å². The minimum absolute atomic E-state index is 0. The molecule has 0 atom stereocenters. The van der Waals surface area contributed by atoms with Gasteiger partial charge in [0.2, 0.25) is 0 Å². The van der Waals surface area contributed by atoms with Gasteiger partial charge in [0.05, 0.1) is 33.5 Å².